The Balaban J connectivity index is 0.000000414. The van der Waals surface area contributed by atoms with E-state index in [9.17, 15) is 0 Å². The average molecular weight is 468 g/mol. The van der Waals surface area contributed by atoms with Gasteiger partial charge in [-0.3, -0.25) is 0 Å². The van der Waals surface area contributed by atoms with E-state index in [0.29, 0.717) is 25.1 Å². The topological polar surface area (TPSA) is 69.3 Å². The van der Waals surface area contributed by atoms with Crippen LogP contribution in [0.2, 0.25) is 0 Å². The van der Waals surface area contributed by atoms with Gasteiger partial charge in [-0.2, -0.15) is 10.5 Å². The predicted molar refractivity (Wildman–Crippen MR) is 130 cm³/mol. The molecule has 0 N–H and O–H groups in total. The Morgan fingerprint density at radius 3 is 2.20 bits per heavy atom. The lowest BCUT2D eigenvalue weighted by Crippen LogP contribution is -2.38. The highest BCUT2D eigenvalue weighted by molar-refractivity contribution is 8.77. The first-order valence-corrected chi connectivity index (χ1v) is 13.6. The van der Waals surface area contributed by atoms with Crippen molar-refractivity contribution in [3.8, 4) is 12.1 Å². The van der Waals surface area contributed by atoms with E-state index >= 15 is 0 Å². The van der Waals surface area contributed by atoms with Crippen molar-refractivity contribution in [3.63, 3.8) is 0 Å². The van der Waals surface area contributed by atoms with E-state index < -0.39 is 8.53 Å². The fraction of sp³-hybridized carbons (Fsp3) is 0.636. The number of benzene rings is 1. The van der Waals surface area contributed by atoms with Crippen molar-refractivity contribution in [1.82, 2.24) is 4.67 Å². The fourth-order valence-corrected chi connectivity index (χ4v) is 7.86. The van der Waals surface area contributed by atoms with Crippen LogP contribution in [0.25, 0.3) is 0 Å². The normalized spacial score (nSPS) is 18.6. The van der Waals surface area contributed by atoms with Gasteiger partial charge in [-0.05, 0) is 60.6 Å². The van der Waals surface area contributed by atoms with Crippen molar-refractivity contribution >= 4 is 30.1 Å². The van der Waals surface area contributed by atoms with Crippen LogP contribution in [0.4, 0.5) is 0 Å². The third kappa shape index (κ3) is 9.15. The Kier molecular flexibility index (Phi) is 12.3. The maximum absolute atomic E-state index is 8.72. The molecule has 1 aliphatic rings. The van der Waals surface area contributed by atoms with E-state index in [-0.39, 0.29) is 10.9 Å². The Labute approximate surface area is 191 Å². The summed E-state index contributed by atoms with van der Waals surface area (Å²) in [5, 5.41) is 17.1. The molecule has 1 fully saturated rings. The van der Waals surface area contributed by atoms with Crippen LogP contribution in [-0.2, 0) is 9.05 Å². The smallest absolute Gasteiger partial charge is 0.259 e. The Morgan fingerprint density at radius 2 is 1.77 bits per heavy atom. The van der Waals surface area contributed by atoms with Crippen LogP contribution >= 0.6 is 30.1 Å². The Hall–Kier alpha value is -0.790. The summed E-state index contributed by atoms with van der Waals surface area (Å²) in [6.07, 6.45) is 0.588. The van der Waals surface area contributed by atoms with E-state index in [1.807, 2.05) is 52.8 Å². The van der Waals surface area contributed by atoms with Gasteiger partial charge in [-0.15, -0.1) is 0 Å². The third-order valence-corrected chi connectivity index (χ3v) is 9.77. The second-order valence-corrected chi connectivity index (χ2v) is 12.5. The average Bonchev–Trinajstić information content (AvgIpc) is 3.00. The minimum atomic E-state index is -1.13. The van der Waals surface area contributed by atoms with Crippen LogP contribution in [0.5, 0.6) is 0 Å². The first kappa shape index (κ1) is 27.2. The molecule has 30 heavy (non-hydrogen) atoms. The largest absolute Gasteiger partial charge is 0.321 e. The van der Waals surface area contributed by atoms with Crippen molar-refractivity contribution in [2.24, 2.45) is 0 Å². The highest BCUT2D eigenvalue weighted by Crippen LogP contribution is 2.55. The molecule has 8 heteroatoms. The van der Waals surface area contributed by atoms with Crippen LogP contribution in [-0.4, -0.2) is 40.0 Å². The molecule has 166 valence electrons. The summed E-state index contributed by atoms with van der Waals surface area (Å²) in [6.45, 7) is 15.5. The molecule has 1 heterocycles. The molecule has 0 amide bonds. The molecule has 1 saturated heterocycles. The molecule has 1 aromatic rings. The molecule has 1 aliphatic heterocycles. The number of nitrogens with zero attached hydrogens (tertiary/aromatic N) is 3. The van der Waals surface area contributed by atoms with Gasteiger partial charge in [0.05, 0.1) is 36.8 Å². The summed E-state index contributed by atoms with van der Waals surface area (Å²) < 4.78 is 14.7. The minimum Gasteiger partial charge on any atom is -0.321 e. The second-order valence-electron chi connectivity index (χ2n) is 8.09. The quantitative estimate of drug-likeness (QED) is 0.240. The van der Waals surface area contributed by atoms with Gasteiger partial charge in [0.15, 0.2) is 0 Å². The van der Waals surface area contributed by atoms with Crippen LogP contribution in [0.1, 0.15) is 59.1 Å². The van der Waals surface area contributed by atoms with Gasteiger partial charge in [0.25, 0.3) is 8.53 Å². The number of hydrogen-bond donors (Lipinski definition) is 0. The van der Waals surface area contributed by atoms with Crippen molar-refractivity contribution in [1.29, 1.82) is 10.5 Å². The first-order valence-electron chi connectivity index (χ1n) is 10.1. The van der Waals surface area contributed by atoms with Crippen LogP contribution in [0, 0.1) is 29.6 Å². The lowest BCUT2D eigenvalue weighted by molar-refractivity contribution is 0.129. The number of hydrogen-bond acceptors (Lipinski definition) is 7. The molecule has 0 saturated carbocycles. The molecule has 1 aromatic carbocycles. The molecule has 0 spiro atoms. The summed E-state index contributed by atoms with van der Waals surface area (Å²) in [4.78, 5) is 0. The van der Waals surface area contributed by atoms with E-state index in [4.69, 9.17) is 19.6 Å². The summed E-state index contributed by atoms with van der Waals surface area (Å²) >= 11 is 0. The monoisotopic (exact) mass is 467 g/mol. The van der Waals surface area contributed by atoms with E-state index in [1.54, 1.807) is 0 Å². The summed E-state index contributed by atoms with van der Waals surface area (Å²) in [5.41, 5.74) is 1.91. The predicted octanol–water partition coefficient (Wildman–Crippen LogP) is 6.69. The SMILES string of the molecule is CC(C)N(C(C)C)P(OCCC#N)OC1CSSC1(C)C.Cc1ccc(C#N)cc1. The minimum absolute atomic E-state index is 0.101. The van der Waals surface area contributed by atoms with E-state index in [0.717, 1.165) is 11.3 Å². The van der Waals surface area contributed by atoms with Crippen molar-refractivity contribution in [2.75, 3.05) is 12.4 Å². The van der Waals surface area contributed by atoms with E-state index in [1.165, 1.54) is 5.56 Å². The van der Waals surface area contributed by atoms with Gasteiger partial charge in [-0.25, -0.2) is 4.67 Å². The van der Waals surface area contributed by atoms with Crippen molar-refractivity contribution in [2.45, 2.75) is 77.8 Å². The van der Waals surface area contributed by atoms with Crippen LogP contribution < -0.4 is 0 Å². The number of nitriles is 2. The number of aryl methyl sites for hydroxylation is 1. The van der Waals surface area contributed by atoms with Crippen LogP contribution in [0.15, 0.2) is 24.3 Å². The van der Waals surface area contributed by atoms with Gasteiger partial charge >= 0.3 is 0 Å². The second kappa shape index (κ2) is 13.6. The van der Waals surface area contributed by atoms with Crippen molar-refractivity contribution in [3.05, 3.63) is 35.4 Å². The Morgan fingerprint density at radius 1 is 1.17 bits per heavy atom. The molecule has 2 atom stereocenters. The highest BCUT2D eigenvalue weighted by Gasteiger charge is 2.41. The Bertz CT molecular complexity index is 707. The molecule has 0 aromatic heterocycles. The van der Waals surface area contributed by atoms with Crippen molar-refractivity contribution < 1.29 is 9.05 Å². The zero-order chi connectivity index (χ0) is 22.7. The maximum atomic E-state index is 8.72. The molecule has 2 rings (SSSR count). The molecular weight excluding hydrogens is 433 g/mol. The third-order valence-electron chi connectivity index (χ3n) is 4.33. The molecule has 2 unspecified atom stereocenters. The van der Waals surface area contributed by atoms with E-state index in [2.05, 4.69) is 58.4 Å². The summed E-state index contributed by atoms with van der Waals surface area (Å²) in [5.74, 6) is 0.988. The molecule has 0 aliphatic carbocycles. The first-order chi connectivity index (χ1) is 14.1. The van der Waals surface area contributed by atoms with Gasteiger partial charge in [0.2, 0.25) is 0 Å². The lowest BCUT2D eigenvalue weighted by Gasteiger charge is -2.38. The zero-order valence-corrected chi connectivity index (χ0v) is 21.6. The molecule has 5 nitrogen and oxygen atoms in total. The summed E-state index contributed by atoms with van der Waals surface area (Å²) in [7, 11) is 2.62. The van der Waals surface area contributed by atoms with Gasteiger partial charge < -0.3 is 9.05 Å². The highest BCUT2D eigenvalue weighted by atomic mass is 33.1. The molecule has 0 radical (unpaired) electrons. The summed E-state index contributed by atoms with van der Waals surface area (Å²) in [6, 6.07) is 12.4. The standard InChI is InChI=1S/C14H27N2O2PS2.C8H7N/c1-11(2)16(12(3)4)19(17-9-7-8-15)18-13-10-20-21-14(13,5)6;1-7-2-4-8(6-9)5-3-7/h11-13H,7,9-10H2,1-6H3;2-5H,1H3. The zero-order valence-electron chi connectivity index (χ0n) is 19.1. The fourth-order valence-electron chi connectivity index (χ4n) is 2.69. The molecular formula is C22H34N3O2PS2. The lowest BCUT2D eigenvalue weighted by atomic mass is 10.1. The maximum Gasteiger partial charge on any atom is 0.259 e. The van der Waals surface area contributed by atoms with Gasteiger partial charge in [-0.1, -0.05) is 39.3 Å². The number of rotatable bonds is 8. The van der Waals surface area contributed by atoms with Gasteiger partial charge in [0.1, 0.15) is 0 Å². The van der Waals surface area contributed by atoms with Crippen LogP contribution in [0.3, 0.4) is 0 Å². The molecule has 0 bridgehead atoms. The van der Waals surface area contributed by atoms with Gasteiger partial charge in [0, 0.05) is 22.6 Å².